The van der Waals surface area contributed by atoms with Gasteiger partial charge in [-0.3, -0.25) is 19.9 Å². The van der Waals surface area contributed by atoms with Crippen LogP contribution in [0.2, 0.25) is 0 Å². The minimum Gasteiger partial charge on any atom is -0.465 e. The number of Topliss-reactive ketones (excluding diaryl/α,β-unsaturated/α-hetero) is 1. The highest BCUT2D eigenvalue weighted by atomic mass is 16.6. The van der Waals surface area contributed by atoms with E-state index in [1.54, 1.807) is 57.3 Å². The van der Waals surface area contributed by atoms with Crippen LogP contribution >= 0.6 is 0 Å². The summed E-state index contributed by atoms with van der Waals surface area (Å²) in [7, 11) is 1.85. The standard InChI is InChI=1S/C27H32N4O5/c1-5-35-25(33)16-31(17(2)3)27(34)36-20-11-12-23-21(14-20)22(15-30(23)4)24(32)13-8-18-6-9-19(10-7-18)26(28)29/h6-7,9-12,14-15,17H,5,8,13,16H2,1-4H3,(H3,28,29). The van der Waals surface area contributed by atoms with Crippen LogP contribution in [0.3, 0.4) is 0 Å². The Kier molecular flexibility index (Phi) is 8.47. The van der Waals surface area contributed by atoms with Crippen LogP contribution in [0, 0.1) is 5.41 Å². The van der Waals surface area contributed by atoms with Gasteiger partial charge in [-0.2, -0.15) is 0 Å². The van der Waals surface area contributed by atoms with E-state index >= 15 is 0 Å². The number of ether oxygens (including phenoxy) is 2. The highest BCUT2D eigenvalue weighted by Crippen LogP contribution is 2.27. The molecule has 0 spiro atoms. The predicted molar refractivity (Wildman–Crippen MR) is 138 cm³/mol. The molecule has 3 N–H and O–H groups in total. The van der Waals surface area contributed by atoms with Crippen molar-refractivity contribution in [3.8, 4) is 5.75 Å². The van der Waals surface area contributed by atoms with Crippen LogP contribution in [-0.2, 0) is 23.0 Å². The molecule has 3 aromatic rings. The third-order valence-corrected chi connectivity index (χ3v) is 5.83. The number of amides is 1. The van der Waals surface area contributed by atoms with Gasteiger partial charge < -0.3 is 19.8 Å². The summed E-state index contributed by atoms with van der Waals surface area (Å²) in [5, 5.41) is 8.17. The zero-order chi connectivity index (χ0) is 26.4. The Morgan fingerprint density at radius 1 is 1.11 bits per heavy atom. The Hall–Kier alpha value is -4.14. The van der Waals surface area contributed by atoms with Crippen LogP contribution in [0.25, 0.3) is 10.9 Å². The first kappa shape index (κ1) is 26.5. The average molecular weight is 493 g/mol. The van der Waals surface area contributed by atoms with Gasteiger partial charge in [0.25, 0.3) is 0 Å². The normalized spacial score (nSPS) is 10.9. The summed E-state index contributed by atoms with van der Waals surface area (Å²) in [4.78, 5) is 39.1. The molecule has 36 heavy (non-hydrogen) atoms. The Morgan fingerprint density at radius 3 is 2.42 bits per heavy atom. The molecule has 190 valence electrons. The summed E-state index contributed by atoms with van der Waals surface area (Å²) in [5.74, 6) is -0.263. The fourth-order valence-electron chi connectivity index (χ4n) is 3.86. The van der Waals surface area contributed by atoms with Crippen molar-refractivity contribution in [2.75, 3.05) is 13.2 Å². The molecule has 0 saturated heterocycles. The van der Waals surface area contributed by atoms with Crippen molar-refractivity contribution < 1.29 is 23.9 Å². The summed E-state index contributed by atoms with van der Waals surface area (Å²) in [5.41, 5.74) is 8.48. The second-order valence-electron chi connectivity index (χ2n) is 8.76. The first-order valence-electron chi connectivity index (χ1n) is 11.8. The number of hydrogen-bond donors (Lipinski definition) is 2. The maximum Gasteiger partial charge on any atom is 0.415 e. The van der Waals surface area contributed by atoms with Gasteiger partial charge >= 0.3 is 12.1 Å². The number of benzene rings is 2. The van der Waals surface area contributed by atoms with Crippen LogP contribution in [0.4, 0.5) is 4.79 Å². The van der Waals surface area contributed by atoms with E-state index in [-0.39, 0.29) is 36.6 Å². The van der Waals surface area contributed by atoms with Crippen molar-refractivity contribution in [3.05, 3.63) is 65.4 Å². The van der Waals surface area contributed by atoms with E-state index in [4.69, 9.17) is 20.6 Å². The zero-order valence-electron chi connectivity index (χ0n) is 21.0. The van der Waals surface area contributed by atoms with Crippen LogP contribution < -0.4 is 10.5 Å². The van der Waals surface area contributed by atoms with E-state index in [9.17, 15) is 14.4 Å². The summed E-state index contributed by atoms with van der Waals surface area (Å²) >= 11 is 0. The highest BCUT2D eigenvalue weighted by molar-refractivity contribution is 6.08. The fraction of sp³-hybridized carbons (Fsp3) is 0.333. The molecule has 2 aromatic carbocycles. The lowest BCUT2D eigenvalue weighted by Gasteiger charge is -2.24. The van der Waals surface area contributed by atoms with Crippen LogP contribution in [0.15, 0.2) is 48.7 Å². The van der Waals surface area contributed by atoms with Gasteiger partial charge in [-0.15, -0.1) is 0 Å². The number of nitrogens with zero attached hydrogens (tertiary/aromatic N) is 2. The largest absolute Gasteiger partial charge is 0.465 e. The molecule has 0 bridgehead atoms. The molecule has 0 unspecified atom stereocenters. The van der Waals surface area contributed by atoms with Gasteiger partial charge in [0.05, 0.1) is 6.61 Å². The molecule has 0 radical (unpaired) electrons. The quantitative estimate of drug-likeness (QED) is 0.190. The number of amidine groups is 1. The number of ketones is 1. The molecule has 0 aliphatic heterocycles. The molecular weight excluding hydrogens is 460 g/mol. The molecule has 1 amide bonds. The molecule has 1 heterocycles. The van der Waals surface area contributed by atoms with Crippen molar-refractivity contribution >= 4 is 34.6 Å². The topological polar surface area (TPSA) is 128 Å². The van der Waals surface area contributed by atoms with Crippen LogP contribution in [0.1, 0.15) is 48.7 Å². The first-order valence-corrected chi connectivity index (χ1v) is 11.8. The summed E-state index contributed by atoms with van der Waals surface area (Å²) < 4.78 is 12.4. The number of carbonyl (C=O) groups excluding carboxylic acids is 3. The van der Waals surface area contributed by atoms with E-state index in [0.29, 0.717) is 29.4 Å². The van der Waals surface area contributed by atoms with Gasteiger partial charge in [-0.05, 0) is 51.0 Å². The van der Waals surface area contributed by atoms with Crippen molar-refractivity contribution in [1.29, 1.82) is 5.41 Å². The lowest BCUT2D eigenvalue weighted by atomic mass is 10.0. The molecule has 1 aromatic heterocycles. The van der Waals surface area contributed by atoms with Gasteiger partial charge in [0.15, 0.2) is 5.78 Å². The second-order valence-corrected chi connectivity index (χ2v) is 8.76. The number of hydrogen-bond acceptors (Lipinski definition) is 6. The minimum atomic E-state index is -0.671. The van der Waals surface area contributed by atoms with Crippen LogP contribution in [-0.4, -0.2) is 52.3 Å². The zero-order valence-corrected chi connectivity index (χ0v) is 21.0. The molecule has 9 nitrogen and oxygen atoms in total. The predicted octanol–water partition coefficient (Wildman–Crippen LogP) is 4.05. The fourth-order valence-corrected chi connectivity index (χ4v) is 3.86. The number of nitrogen functional groups attached to an aromatic ring is 1. The molecular formula is C27H32N4O5. The highest BCUT2D eigenvalue weighted by Gasteiger charge is 2.23. The van der Waals surface area contributed by atoms with E-state index < -0.39 is 12.1 Å². The van der Waals surface area contributed by atoms with Crippen molar-refractivity contribution in [1.82, 2.24) is 9.47 Å². The number of esters is 1. The number of aromatic nitrogens is 1. The van der Waals surface area contributed by atoms with Gasteiger partial charge in [0, 0.05) is 47.7 Å². The first-order chi connectivity index (χ1) is 17.1. The van der Waals surface area contributed by atoms with Gasteiger partial charge in [0.1, 0.15) is 18.1 Å². The maximum absolute atomic E-state index is 13.1. The lowest BCUT2D eigenvalue weighted by Crippen LogP contribution is -2.42. The molecule has 0 aliphatic rings. The van der Waals surface area contributed by atoms with E-state index in [1.807, 2.05) is 23.7 Å². The number of aryl methyl sites for hydroxylation is 2. The summed E-state index contributed by atoms with van der Waals surface area (Å²) in [6.07, 6.45) is 1.94. The molecule has 3 rings (SSSR count). The molecule has 0 saturated carbocycles. The molecule has 9 heteroatoms. The Bertz CT molecular complexity index is 1280. The Balaban J connectivity index is 1.76. The van der Waals surface area contributed by atoms with Gasteiger partial charge in [-0.1, -0.05) is 24.3 Å². The van der Waals surface area contributed by atoms with E-state index in [0.717, 1.165) is 11.1 Å². The minimum absolute atomic E-state index is 0.00212. The number of nitrogens with one attached hydrogen (secondary N) is 1. The third kappa shape index (κ3) is 6.29. The SMILES string of the molecule is CCOC(=O)CN(C(=O)Oc1ccc2c(c1)c(C(=O)CCc1ccc(C(=N)N)cc1)cn2C)C(C)C. The lowest BCUT2D eigenvalue weighted by molar-refractivity contribution is -0.144. The number of carbonyl (C=O) groups is 3. The van der Waals surface area contributed by atoms with E-state index in [1.165, 1.54) is 4.90 Å². The van der Waals surface area contributed by atoms with Gasteiger partial charge in [-0.25, -0.2) is 4.79 Å². The molecule has 0 atom stereocenters. The average Bonchev–Trinajstić information content (AvgIpc) is 3.17. The third-order valence-electron chi connectivity index (χ3n) is 5.83. The molecule has 0 aliphatic carbocycles. The van der Waals surface area contributed by atoms with Crippen molar-refractivity contribution in [3.63, 3.8) is 0 Å². The maximum atomic E-state index is 13.1. The smallest absolute Gasteiger partial charge is 0.415 e. The number of nitrogens with two attached hydrogens (primary N) is 1. The Labute approximate surface area is 210 Å². The Morgan fingerprint density at radius 2 is 1.81 bits per heavy atom. The summed E-state index contributed by atoms with van der Waals surface area (Å²) in [6.45, 7) is 5.28. The number of rotatable bonds is 10. The van der Waals surface area contributed by atoms with E-state index in [2.05, 4.69) is 0 Å². The van der Waals surface area contributed by atoms with Crippen molar-refractivity contribution in [2.24, 2.45) is 12.8 Å². The molecule has 0 fully saturated rings. The summed E-state index contributed by atoms with van der Waals surface area (Å²) in [6, 6.07) is 12.1. The van der Waals surface area contributed by atoms with Crippen LogP contribution in [0.5, 0.6) is 5.75 Å². The van der Waals surface area contributed by atoms with Gasteiger partial charge in [0.2, 0.25) is 0 Å². The monoisotopic (exact) mass is 492 g/mol. The number of fused-ring (bicyclic) bond motifs is 1. The second kappa shape index (κ2) is 11.5. The van der Waals surface area contributed by atoms with Crippen molar-refractivity contribution in [2.45, 2.75) is 39.7 Å².